The maximum Gasteiger partial charge on any atom is 0.249 e. The lowest BCUT2D eigenvalue weighted by Gasteiger charge is -1.95. The molecule has 5 heteroatoms. The van der Waals surface area contributed by atoms with Crippen molar-refractivity contribution < 1.29 is 9.94 Å². The smallest absolute Gasteiger partial charge is 0.249 e. The van der Waals surface area contributed by atoms with Crippen LogP contribution in [0.4, 0.5) is 0 Å². The van der Waals surface area contributed by atoms with Crippen LogP contribution in [0.2, 0.25) is 0 Å². The fourth-order valence-electron chi connectivity index (χ4n) is 1.02. The molecule has 0 saturated carbocycles. The monoisotopic (exact) mass is 177 g/mol. The van der Waals surface area contributed by atoms with Crippen LogP contribution in [0, 0.1) is 6.92 Å². The molecule has 0 amide bonds. The molecule has 2 heterocycles. The summed E-state index contributed by atoms with van der Waals surface area (Å²) in [5.41, 5.74) is 1.48. The first-order chi connectivity index (χ1) is 6.27. The van der Waals surface area contributed by atoms with Crippen molar-refractivity contribution in [3.05, 3.63) is 36.4 Å². The van der Waals surface area contributed by atoms with Crippen LogP contribution in [0.25, 0.3) is 5.69 Å². The Bertz CT molecular complexity index is 410. The van der Waals surface area contributed by atoms with Gasteiger partial charge in [-0.25, -0.2) is 0 Å². The van der Waals surface area contributed by atoms with Crippen molar-refractivity contribution in [2.75, 3.05) is 0 Å². The molecule has 2 aromatic rings. The van der Waals surface area contributed by atoms with Crippen LogP contribution in [0.15, 0.2) is 30.7 Å². The van der Waals surface area contributed by atoms with Crippen molar-refractivity contribution in [3.8, 4) is 5.69 Å². The zero-order chi connectivity index (χ0) is 9.26. The minimum atomic E-state index is 0.720. The number of aryl methyl sites for hydroxylation is 1. The largest absolute Gasteiger partial charge is 0.285 e. The van der Waals surface area contributed by atoms with Gasteiger partial charge in [-0.1, -0.05) is 0 Å². The molecule has 0 aromatic carbocycles. The van der Waals surface area contributed by atoms with E-state index in [9.17, 15) is 5.21 Å². The van der Waals surface area contributed by atoms with Crippen molar-refractivity contribution in [2.45, 2.75) is 6.92 Å². The molecular weight excluding hydrogens is 168 g/mol. The molecule has 2 aromatic heterocycles. The quantitative estimate of drug-likeness (QED) is 0.496. The average Bonchev–Trinajstić information content (AvgIpc) is 2.62. The van der Waals surface area contributed by atoms with Crippen LogP contribution >= 0.6 is 0 Å². The van der Waals surface area contributed by atoms with Crippen molar-refractivity contribution in [3.63, 3.8) is 0 Å². The molecule has 66 valence electrons. The molecule has 0 aliphatic carbocycles. The topological polar surface area (TPSA) is 54.8 Å². The maximum atomic E-state index is 9.35. The molecule has 0 spiro atoms. The Morgan fingerprint density at radius 2 is 2.00 bits per heavy atom. The van der Waals surface area contributed by atoms with Crippen LogP contribution in [0.5, 0.6) is 0 Å². The first-order valence-electron chi connectivity index (χ1n) is 3.85. The minimum absolute atomic E-state index is 0.720. The van der Waals surface area contributed by atoms with E-state index in [1.165, 1.54) is 4.80 Å². The molecule has 0 aliphatic rings. The van der Waals surface area contributed by atoms with Crippen molar-refractivity contribution in [1.29, 1.82) is 0 Å². The van der Waals surface area contributed by atoms with Gasteiger partial charge in [0.25, 0.3) is 0 Å². The summed E-state index contributed by atoms with van der Waals surface area (Å²) in [4.78, 5) is 1.44. The van der Waals surface area contributed by atoms with Crippen molar-refractivity contribution >= 4 is 0 Å². The molecule has 0 bridgehead atoms. The Morgan fingerprint density at radius 3 is 2.62 bits per heavy atom. The van der Waals surface area contributed by atoms with E-state index in [2.05, 4.69) is 10.2 Å². The van der Waals surface area contributed by atoms with Crippen LogP contribution in [-0.2, 0) is 0 Å². The van der Waals surface area contributed by atoms with Crippen molar-refractivity contribution in [1.82, 2.24) is 15.0 Å². The van der Waals surface area contributed by atoms with Gasteiger partial charge in [-0.15, -0.1) is 4.80 Å². The summed E-state index contributed by atoms with van der Waals surface area (Å²) in [5, 5.41) is 17.2. The fraction of sp³-hybridized carbons (Fsp3) is 0.125. The zero-order valence-corrected chi connectivity index (χ0v) is 7.12. The summed E-state index contributed by atoms with van der Waals surface area (Å²) in [6.45, 7) is 1.81. The van der Waals surface area contributed by atoms with Crippen LogP contribution in [0.1, 0.15) is 5.69 Å². The third-order valence-electron chi connectivity index (χ3n) is 1.76. The van der Waals surface area contributed by atoms with Crippen LogP contribution in [-0.4, -0.2) is 20.2 Å². The molecule has 0 saturated heterocycles. The number of hydrogen-bond acceptors (Lipinski definition) is 3. The van der Waals surface area contributed by atoms with Gasteiger partial charge in [-0.3, -0.25) is 5.21 Å². The molecule has 1 N–H and O–H groups in total. The summed E-state index contributed by atoms with van der Waals surface area (Å²) in [5.74, 6) is 0. The zero-order valence-electron chi connectivity index (χ0n) is 7.12. The second kappa shape index (κ2) is 2.85. The normalized spacial score (nSPS) is 10.2. The van der Waals surface area contributed by atoms with Gasteiger partial charge in [0.1, 0.15) is 0 Å². The predicted octanol–water partition coefficient (Wildman–Crippen LogP) is 0.101. The highest BCUT2D eigenvalue weighted by molar-refractivity contribution is 5.22. The van der Waals surface area contributed by atoms with Gasteiger partial charge in [0, 0.05) is 17.7 Å². The van der Waals surface area contributed by atoms with Gasteiger partial charge in [-0.05, 0) is 6.07 Å². The van der Waals surface area contributed by atoms with Gasteiger partial charge >= 0.3 is 0 Å². The highest BCUT2D eigenvalue weighted by atomic mass is 16.5. The lowest BCUT2D eigenvalue weighted by molar-refractivity contribution is -0.908. The van der Waals surface area contributed by atoms with E-state index in [0.717, 1.165) is 16.1 Å². The minimum Gasteiger partial charge on any atom is -0.285 e. The summed E-state index contributed by atoms with van der Waals surface area (Å²) in [6.07, 6.45) is 4.72. The molecule has 0 aliphatic heterocycles. The lowest BCUT2D eigenvalue weighted by atomic mass is 10.3. The van der Waals surface area contributed by atoms with E-state index in [4.69, 9.17) is 0 Å². The SMILES string of the molecule is Cc1ccc(-n2nccn2)c[n+]1O. The molecule has 13 heavy (non-hydrogen) atoms. The highest BCUT2D eigenvalue weighted by Crippen LogP contribution is 2.00. The van der Waals surface area contributed by atoms with E-state index >= 15 is 0 Å². The Hall–Kier alpha value is -1.91. The van der Waals surface area contributed by atoms with Crippen molar-refractivity contribution in [2.24, 2.45) is 0 Å². The molecule has 0 radical (unpaired) electrons. The molecule has 5 nitrogen and oxygen atoms in total. The second-order valence-corrected chi connectivity index (χ2v) is 2.69. The Morgan fingerprint density at radius 1 is 1.31 bits per heavy atom. The molecule has 0 atom stereocenters. The number of aromatic nitrogens is 4. The average molecular weight is 177 g/mol. The second-order valence-electron chi connectivity index (χ2n) is 2.69. The maximum absolute atomic E-state index is 9.35. The molecular formula is C8H9N4O+. The predicted molar refractivity (Wildman–Crippen MR) is 43.5 cm³/mol. The van der Waals surface area contributed by atoms with E-state index in [-0.39, 0.29) is 0 Å². The third-order valence-corrected chi connectivity index (χ3v) is 1.76. The fourth-order valence-corrected chi connectivity index (χ4v) is 1.02. The molecule has 0 fully saturated rings. The first kappa shape index (κ1) is 7.72. The standard InChI is InChI=1S/C8H9N4O/c1-7-2-3-8(6-11(7)13)12-9-4-5-10-12/h2-6,13H,1H3/q+1. The van der Waals surface area contributed by atoms with E-state index in [0.29, 0.717) is 0 Å². The lowest BCUT2D eigenvalue weighted by Crippen LogP contribution is -2.33. The van der Waals surface area contributed by atoms with E-state index in [1.54, 1.807) is 31.6 Å². The van der Waals surface area contributed by atoms with Gasteiger partial charge < -0.3 is 0 Å². The summed E-state index contributed by atoms with van der Waals surface area (Å²) < 4.78 is 1.04. The Balaban J connectivity index is 2.49. The Labute approximate surface area is 74.8 Å². The van der Waals surface area contributed by atoms with Gasteiger partial charge in [-0.2, -0.15) is 10.2 Å². The molecule has 0 unspecified atom stereocenters. The van der Waals surface area contributed by atoms with Crippen LogP contribution in [0.3, 0.4) is 0 Å². The summed E-state index contributed by atoms with van der Waals surface area (Å²) in [6, 6.07) is 3.63. The van der Waals surface area contributed by atoms with Gasteiger partial charge in [0.2, 0.25) is 11.9 Å². The van der Waals surface area contributed by atoms with E-state index in [1.807, 2.05) is 6.07 Å². The van der Waals surface area contributed by atoms with E-state index < -0.39 is 0 Å². The van der Waals surface area contributed by atoms with Gasteiger partial charge in [0.05, 0.1) is 12.4 Å². The Kier molecular flexibility index (Phi) is 1.70. The third kappa shape index (κ3) is 1.35. The highest BCUT2D eigenvalue weighted by Gasteiger charge is 2.07. The summed E-state index contributed by atoms with van der Waals surface area (Å²) >= 11 is 0. The van der Waals surface area contributed by atoms with Gasteiger partial charge in [0.15, 0.2) is 5.69 Å². The number of pyridine rings is 1. The summed E-state index contributed by atoms with van der Waals surface area (Å²) in [7, 11) is 0. The number of nitrogens with zero attached hydrogens (tertiary/aromatic N) is 4. The van der Waals surface area contributed by atoms with Crippen LogP contribution < -0.4 is 4.73 Å². The molecule has 2 rings (SSSR count). The number of rotatable bonds is 1. The number of hydrogen-bond donors (Lipinski definition) is 1. The first-order valence-corrected chi connectivity index (χ1v) is 3.85.